The van der Waals surface area contributed by atoms with Crippen molar-refractivity contribution in [2.75, 3.05) is 39.6 Å². The highest BCUT2D eigenvalue weighted by atomic mass is 16.8. The van der Waals surface area contributed by atoms with Crippen LogP contribution < -0.4 is 0 Å². The topological polar surface area (TPSA) is 551 Å². The molecule has 0 spiro atoms. The van der Waals surface area contributed by atoms with Crippen LogP contribution in [-0.4, -0.2) is 357 Å². The quantitative estimate of drug-likeness (QED) is 0.0345. The second-order valence-corrected chi connectivity index (χ2v) is 33.6. The minimum atomic E-state index is -2.23. The van der Waals surface area contributed by atoms with Crippen LogP contribution in [0.15, 0.2) is 11.6 Å². The molecule has 0 aromatic heterocycles. The molecular weight excluding hydrogens is 1400 g/mol. The Labute approximate surface area is 607 Å². The first-order valence-corrected chi connectivity index (χ1v) is 37.1. The highest BCUT2D eigenvalue weighted by Crippen LogP contribution is 2.76. The van der Waals surface area contributed by atoms with Crippen LogP contribution in [-0.2, 0) is 71.1 Å². The zero-order valence-electron chi connectivity index (χ0n) is 60.3. The molecule has 12 aliphatic rings. The van der Waals surface area contributed by atoms with Crippen molar-refractivity contribution in [3.05, 3.63) is 11.6 Å². The normalized spacial score (nSPS) is 55.2. The largest absolute Gasteiger partial charge is 0.432 e. The van der Waals surface area contributed by atoms with Crippen molar-refractivity contribution in [1.29, 1.82) is 0 Å². The first-order valence-electron chi connectivity index (χ1n) is 37.1. The van der Waals surface area contributed by atoms with Gasteiger partial charge in [0, 0.05) is 5.41 Å². The molecule has 105 heavy (non-hydrogen) atoms. The van der Waals surface area contributed by atoms with E-state index >= 15 is 0 Å². The van der Waals surface area contributed by atoms with Crippen LogP contribution in [0.2, 0.25) is 0 Å². The number of aliphatic hydroxyl groups is 20. The Bertz CT molecular complexity index is 2970. The maximum absolute atomic E-state index is 14.9. The lowest BCUT2D eigenvalue weighted by atomic mass is 9.33. The number of aliphatic hydroxyl groups excluding tert-OH is 20. The van der Waals surface area contributed by atoms with E-state index < -0.39 is 270 Å². The number of esters is 1. The summed E-state index contributed by atoms with van der Waals surface area (Å²) in [6.07, 6.45) is -51.2. The summed E-state index contributed by atoms with van der Waals surface area (Å²) in [5.41, 5.74) is -2.11. The van der Waals surface area contributed by atoms with Crippen molar-refractivity contribution < 1.29 is 173 Å². The Balaban J connectivity index is 0.752. The molecule has 604 valence electrons. The lowest BCUT2D eigenvalue weighted by Crippen LogP contribution is -2.69. The van der Waals surface area contributed by atoms with Crippen molar-refractivity contribution in [2.24, 2.45) is 50.2 Å². The van der Waals surface area contributed by atoms with E-state index in [1.807, 2.05) is 6.92 Å². The Morgan fingerprint density at radius 2 is 0.943 bits per heavy atom. The summed E-state index contributed by atoms with van der Waals surface area (Å²) in [6.45, 7) is 12.0. The molecule has 11 fully saturated rings. The number of fused-ring (bicyclic) bond motifs is 7. The third-order valence-electron chi connectivity index (χ3n) is 27.0. The smallest absolute Gasteiger partial charge is 0.315 e. The molecule has 7 saturated heterocycles. The van der Waals surface area contributed by atoms with Crippen LogP contribution in [0.3, 0.4) is 0 Å². The third kappa shape index (κ3) is 14.4. The summed E-state index contributed by atoms with van der Waals surface area (Å²) in [4.78, 5) is 14.9. The molecular formula is C70H114O35. The highest BCUT2D eigenvalue weighted by molar-refractivity contribution is 5.79. The Morgan fingerprint density at radius 3 is 1.60 bits per heavy atom. The molecule has 35 heteroatoms. The monoisotopic (exact) mass is 1510 g/mol. The molecule has 20 N–H and O–H groups in total. The van der Waals surface area contributed by atoms with Gasteiger partial charge in [-0.1, -0.05) is 53.2 Å². The summed E-state index contributed by atoms with van der Waals surface area (Å²) in [5.74, 6) is -0.926. The van der Waals surface area contributed by atoms with E-state index in [1.54, 1.807) is 0 Å². The van der Waals surface area contributed by atoms with E-state index in [1.165, 1.54) is 19.4 Å². The average Bonchev–Trinajstić information content (AvgIpc) is 0.674. The van der Waals surface area contributed by atoms with Gasteiger partial charge in [-0.15, -0.1) is 0 Å². The van der Waals surface area contributed by atoms with Gasteiger partial charge in [0.1, 0.15) is 146 Å². The van der Waals surface area contributed by atoms with Gasteiger partial charge in [0.2, 0.25) is 6.29 Å². The van der Waals surface area contributed by atoms with Crippen LogP contribution >= 0.6 is 0 Å². The number of rotatable bonds is 18. The molecule has 0 bridgehead atoms. The van der Waals surface area contributed by atoms with E-state index in [-0.39, 0.29) is 35.2 Å². The summed E-state index contributed by atoms with van der Waals surface area (Å²) in [5, 5.41) is 221. The molecule has 0 aromatic rings. The minimum absolute atomic E-state index is 0.0622. The summed E-state index contributed by atoms with van der Waals surface area (Å²) in [6, 6.07) is 0. The number of hydrogen-bond donors (Lipinski definition) is 20. The summed E-state index contributed by atoms with van der Waals surface area (Å²) in [7, 11) is 0. The number of hydrogen-bond acceptors (Lipinski definition) is 35. The Hall–Kier alpha value is -2.11. The Morgan fingerprint density at radius 1 is 0.438 bits per heavy atom. The van der Waals surface area contributed by atoms with Crippen molar-refractivity contribution in [1.82, 2.24) is 0 Å². The molecule has 0 aromatic carbocycles. The first-order chi connectivity index (χ1) is 49.4. The maximum atomic E-state index is 14.9. The van der Waals surface area contributed by atoms with Crippen LogP contribution in [0.1, 0.15) is 120 Å². The summed E-state index contributed by atoms with van der Waals surface area (Å²) < 4.78 is 84.3. The average molecular weight is 1520 g/mol. The van der Waals surface area contributed by atoms with Gasteiger partial charge in [0.15, 0.2) is 37.7 Å². The van der Waals surface area contributed by atoms with Crippen LogP contribution in [0.5, 0.6) is 0 Å². The zero-order valence-corrected chi connectivity index (χ0v) is 60.3. The summed E-state index contributed by atoms with van der Waals surface area (Å²) >= 11 is 0. The minimum Gasteiger partial charge on any atom is -0.432 e. The van der Waals surface area contributed by atoms with Gasteiger partial charge in [-0.25, -0.2) is 0 Å². The van der Waals surface area contributed by atoms with Gasteiger partial charge in [0.05, 0.1) is 63.4 Å². The maximum Gasteiger partial charge on any atom is 0.315 e. The Kier molecular flexibility index (Phi) is 24.6. The fourth-order valence-electron chi connectivity index (χ4n) is 20.3. The van der Waals surface area contributed by atoms with Crippen molar-refractivity contribution >= 4 is 5.97 Å². The molecule has 5 aliphatic carbocycles. The van der Waals surface area contributed by atoms with Crippen LogP contribution in [0.25, 0.3) is 0 Å². The van der Waals surface area contributed by atoms with Crippen molar-refractivity contribution in [3.8, 4) is 0 Å². The lowest BCUT2D eigenvalue weighted by molar-refractivity contribution is -0.406. The second kappa shape index (κ2) is 31.3. The molecule has 35 nitrogen and oxygen atoms in total. The molecule has 4 saturated carbocycles. The molecule has 0 radical (unpaired) electrons. The van der Waals surface area contributed by atoms with Gasteiger partial charge in [-0.3, -0.25) is 4.79 Å². The standard InChI is InChI=1S/C70H114O35/c1-26-38(77)43(82)47(86)58(94-26)103-55-51(90)62(98-34(22-73)53(55)101-59-49(88)45(84)52(33(21-72)97-59)100-57-46(85)40(79)30(75)23-92-57)102-54-39(78)27(2)95-61(50(54)89)104-56-41(80)31(76)24-93-63(56)99-37-12-13-66(5)35(67(37,6)25-74)11-14-69(8)36(66)10-9-28-29-19-65(3,4)15-17-70(29,18-16-68(28,69)7)64(91)105-60-48(87)44(83)42(81)32(20-71)96-60/h9,26-27,29-63,71-90H,10-25H2,1-8H3. The third-order valence-corrected chi connectivity index (χ3v) is 27.0. The number of allylic oxidation sites excluding steroid dienone is 2. The van der Waals surface area contributed by atoms with E-state index in [2.05, 4.69) is 40.7 Å². The van der Waals surface area contributed by atoms with Crippen molar-refractivity contribution in [3.63, 3.8) is 0 Å². The van der Waals surface area contributed by atoms with Gasteiger partial charge in [0.25, 0.3) is 0 Å². The predicted octanol–water partition coefficient (Wildman–Crippen LogP) is -6.26. The van der Waals surface area contributed by atoms with Crippen molar-refractivity contribution in [2.45, 2.75) is 328 Å². The van der Waals surface area contributed by atoms with Gasteiger partial charge < -0.3 is 168 Å². The van der Waals surface area contributed by atoms with Gasteiger partial charge in [-0.05, 0) is 117 Å². The lowest BCUT2D eigenvalue weighted by Gasteiger charge is -2.71. The fourth-order valence-corrected chi connectivity index (χ4v) is 20.3. The highest BCUT2D eigenvalue weighted by Gasteiger charge is 2.71. The second-order valence-electron chi connectivity index (χ2n) is 33.6. The fraction of sp³-hybridized carbons (Fsp3) is 0.957. The van der Waals surface area contributed by atoms with E-state index in [4.69, 9.17) is 66.3 Å². The molecule has 7 aliphatic heterocycles. The van der Waals surface area contributed by atoms with E-state index in [0.717, 1.165) is 12.8 Å². The predicted molar refractivity (Wildman–Crippen MR) is 347 cm³/mol. The molecule has 42 atom stereocenters. The van der Waals surface area contributed by atoms with E-state index in [0.29, 0.717) is 51.4 Å². The van der Waals surface area contributed by atoms with E-state index in [9.17, 15) is 107 Å². The van der Waals surface area contributed by atoms with Crippen LogP contribution in [0, 0.1) is 50.2 Å². The molecule has 7 heterocycles. The zero-order chi connectivity index (χ0) is 76.4. The number of carbonyl (C=O) groups is 1. The molecule has 42 unspecified atom stereocenters. The molecule has 0 amide bonds. The number of carbonyl (C=O) groups excluding carboxylic acids is 1. The van der Waals surface area contributed by atoms with Gasteiger partial charge in [-0.2, -0.15) is 0 Å². The van der Waals surface area contributed by atoms with Gasteiger partial charge >= 0.3 is 5.97 Å². The number of ether oxygens (including phenoxy) is 14. The first kappa shape index (κ1) is 82.4. The SMILES string of the molecule is CC1OC(OC2C(O)C(OC3C(O)C(C)OC(OC4C(OC5CCC6(C)C(CCC7(C)C6CC=C6C8CC(C)(C)CCC8(C(=O)OC8OC(CO)C(O)C(O)C8O)CCC67C)C5(C)CO)OCC(O)C4O)C3O)OC(CO)C2OC2OC(CO)C(OC3OCC(O)C(O)C3O)C(O)C2O)C(O)C(O)C1O. The molecule has 12 rings (SSSR count). The van der Waals surface area contributed by atoms with Crippen LogP contribution in [0.4, 0.5) is 0 Å².